The van der Waals surface area contributed by atoms with Crippen molar-refractivity contribution >= 4 is 23.6 Å². The van der Waals surface area contributed by atoms with Crippen molar-refractivity contribution < 1.29 is 13.6 Å². The molecule has 1 amide bonds. The molecule has 0 aliphatic carbocycles. The maximum atomic E-state index is 11.7. The predicted octanol–water partition coefficient (Wildman–Crippen LogP) is 1.85. The number of furan rings is 1. The molecule has 3 rings (SSSR count). The van der Waals surface area contributed by atoms with Crippen LogP contribution in [-0.4, -0.2) is 31.8 Å². The maximum Gasteiger partial charge on any atom is 0.284 e. The highest BCUT2D eigenvalue weighted by Crippen LogP contribution is 2.23. The maximum absolute atomic E-state index is 11.7. The molecule has 0 saturated carbocycles. The van der Waals surface area contributed by atoms with Crippen molar-refractivity contribution in [2.75, 3.05) is 11.1 Å². The normalized spacial score (nSPS) is 10.5. The van der Waals surface area contributed by atoms with Crippen molar-refractivity contribution in [1.82, 2.24) is 20.2 Å². The van der Waals surface area contributed by atoms with Crippen LogP contribution < -0.4 is 5.32 Å². The summed E-state index contributed by atoms with van der Waals surface area (Å²) in [6.45, 7) is 0. The van der Waals surface area contributed by atoms with Gasteiger partial charge in [-0.05, 0) is 18.2 Å². The summed E-state index contributed by atoms with van der Waals surface area (Å²) in [6.07, 6.45) is 4.60. The first kappa shape index (κ1) is 13.3. The van der Waals surface area contributed by atoms with Crippen molar-refractivity contribution in [2.24, 2.45) is 0 Å². The molecule has 0 fully saturated rings. The van der Waals surface area contributed by atoms with Crippen LogP contribution in [0.5, 0.6) is 0 Å². The summed E-state index contributed by atoms with van der Waals surface area (Å²) in [5.74, 6) is 0.859. The van der Waals surface area contributed by atoms with Gasteiger partial charge in [-0.1, -0.05) is 11.8 Å². The van der Waals surface area contributed by atoms with Gasteiger partial charge in [0.15, 0.2) is 5.76 Å². The van der Waals surface area contributed by atoms with Gasteiger partial charge in [-0.25, -0.2) is 9.97 Å². The molecule has 0 bridgehead atoms. The number of nitrogens with one attached hydrogen (secondary N) is 1. The van der Waals surface area contributed by atoms with Crippen LogP contribution in [0.3, 0.4) is 0 Å². The van der Waals surface area contributed by atoms with Gasteiger partial charge in [0.2, 0.25) is 11.9 Å². The summed E-state index contributed by atoms with van der Waals surface area (Å²) in [4.78, 5) is 19.5. The summed E-state index contributed by atoms with van der Waals surface area (Å²) < 4.78 is 10.5. The molecule has 1 N–H and O–H groups in total. The molecule has 8 nitrogen and oxygen atoms in total. The van der Waals surface area contributed by atoms with Crippen molar-refractivity contribution in [3.8, 4) is 11.7 Å². The van der Waals surface area contributed by atoms with Gasteiger partial charge in [0, 0.05) is 12.4 Å². The number of carbonyl (C=O) groups is 1. The molecule has 3 heterocycles. The molecule has 3 aromatic heterocycles. The second-order valence-electron chi connectivity index (χ2n) is 3.76. The van der Waals surface area contributed by atoms with E-state index in [-0.39, 0.29) is 28.7 Å². The number of nitrogens with zero attached hydrogens (tertiary/aromatic N) is 4. The number of aromatic nitrogens is 4. The lowest BCUT2D eigenvalue weighted by Crippen LogP contribution is -2.15. The molecule has 0 atom stereocenters. The lowest BCUT2D eigenvalue weighted by atomic mass is 10.5. The van der Waals surface area contributed by atoms with Crippen LogP contribution in [0.4, 0.5) is 5.95 Å². The van der Waals surface area contributed by atoms with E-state index in [1.165, 1.54) is 6.26 Å². The fourth-order valence-corrected chi connectivity index (χ4v) is 1.98. The van der Waals surface area contributed by atoms with E-state index >= 15 is 0 Å². The first-order chi connectivity index (χ1) is 10.3. The van der Waals surface area contributed by atoms with Crippen LogP contribution in [0.25, 0.3) is 11.7 Å². The number of thioether (sulfide) groups is 1. The minimum Gasteiger partial charge on any atom is -0.459 e. The monoisotopic (exact) mass is 303 g/mol. The Morgan fingerprint density at radius 3 is 2.86 bits per heavy atom. The van der Waals surface area contributed by atoms with Gasteiger partial charge in [0.1, 0.15) is 0 Å². The number of anilines is 1. The zero-order valence-corrected chi connectivity index (χ0v) is 11.4. The van der Waals surface area contributed by atoms with Crippen LogP contribution in [0.2, 0.25) is 0 Å². The molecule has 0 aliphatic heterocycles. The molecule has 0 aliphatic rings. The van der Waals surface area contributed by atoms with Crippen LogP contribution >= 0.6 is 11.8 Å². The molecule has 0 spiro atoms. The largest absolute Gasteiger partial charge is 0.459 e. The Morgan fingerprint density at radius 1 is 1.24 bits per heavy atom. The highest BCUT2D eigenvalue weighted by atomic mass is 32.2. The summed E-state index contributed by atoms with van der Waals surface area (Å²) in [6, 6.07) is 5.10. The summed E-state index contributed by atoms with van der Waals surface area (Å²) >= 11 is 1.12. The van der Waals surface area contributed by atoms with E-state index < -0.39 is 0 Å². The molecule has 9 heteroatoms. The molecule has 0 saturated heterocycles. The van der Waals surface area contributed by atoms with Crippen molar-refractivity contribution in [3.05, 3.63) is 36.9 Å². The highest BCUT2D eigenvalue weighted by molar-refractivity contribution is 7.99. The van der Waals surface area contributed by atoms with E-state index in [1.807, 2.05) is 0 Å². The quantitative estimate of drug-likeness (QED) is 0.711. The van der Waals surface area contributed by atoms with Crippen LogP contribution in [0.15, 0.2) is 50.9 Å². The van der Waals surface area contributed by atoms with E-state index in [1.54, 1.807) is 30.6 Å². The lowest BCUT2D eigenvalue weighted by molar-refractivity contribution is -0.113. The zero-order chi connectivity index (χ0) is 14.5. The average molecular weight is 303 g/mol. The van der Waals surface area contributed by atoms with E-state index in [0.29, 0.717) is 5.76 Å². The van der Waals surface area contributed by atoms with Gasteiger partial charge in [0.25, 0.3) is 11.1 Å². The van der Waals surface area contributed by atoms with E-state index in [2.05, 4.69) is 25.5 Å². The Labute approximate surface area is 123 Å². The minimum absolute atomic E-state index is 0.109. The Morgan fingerprint density at radius 2 is 2.10 bits per heavy atom. The van der Waals surface area contributed by atoms with Crippen LogP contribution in [0, 0.1) is 0 Å². The molecule has 106 valence electrons. The van der Waals surface area contributed by atoms with Gasteiger partial charge in [-0.15, -0.1) is 10.2 Å². The number of hydrogen-bond donors (Lipinski definition) is 1. The third-order valence-corrected chi connectivity index (χ3v) is 3.10. The third-order valence-electron chi connectivity index (χ3n) is 2.28. The first-order valence-electron chi connectivity index (χ1n) is 5.88. The Hall–Kier alpha value is -2.68. The lowest BCUT2D eigenvalue weighted by Gasteiger charge is -2.00. The molecule has 0 radical (unpaired) electrons. The number of rotatable bonds is 5. The van der Waals surface area contributed by atoms with E-state index in [9.17, 15) is 4.79 Å². The molecule has 3 aromatic rings. The summed E-state index contributed by atoms with van der Waals surface area (Å²) in [7, 11) is 0. The number of hydrogen-bond acceptors (Lipinski definition) is 8. The van der Waals surface area contributed by atoms with Crippen LogP contribution in [-0.2, 0) is 4.79 Å². The average Bonchev–Trinajstić information content (AvgIpc) is 3.17. The fraction of sp³-hybridized carbons (Fsp3) is 0.0833. The fourth-order valence-electron chi connectivity index (χ4n) is 1.42. The van der Waals surface area contributed by atoms with Gasteiger partial charge < -0.3 is 8.83 Å². The Kier molecular flexibility index (Phi) is 3.92. The third kappa shape index (κ3) is 3.45. The topological polar surface area (TPSA) is 107 Å². The summed E-state index contributed by atoms with van der Waals surface area (Å²) in [5.41, 5.74) is 0. The summed E-state index contributed by atoms with van der Waals surface area (Å²) in [5, 5.41) is 10.5. The van der Waals surface area contributed by atoms with E-state index in [0.717, 1.165) is 11.8 Å². The van der Waals surface area contributed by atoms with E-state index in [4.69, 9.17) is 8.83 Å². The van der Waals surface area contributed by atoms with Crippen molar-refractivity contribution in [1.29, 1.82) is 0 Å². The number of carbonyl (C=O) groups excluding carboxylic acids is 1. The smallest absolute Gasteiger partial charge is 0.284 e. The van der Waals surface area contributed by atoms with Crippen molar-refractivity contribution in [2.45, 2.75) is 5.22 Å². The van der Waals surface area contributed by atoms with Gasteiger partial charge in [-0.2, -0.15) is 0 Å². The Bertz CT molecular complexity index is 714. The van der Waals surface area contributed by atoms with Gasteiger partial charge >= 0.3 is 0 Å². The number of amides is 1. The predicted molar refractivity (Wildman–Crippen MR) is 73.4 cm³/mol. The molecule has 0 aromatic carbocycles. The highest BCUT2D eigenvalue weighted by Gasteiger charge is 2.13. The standard InChI is InChI=1S/C12H9N5O3S/c18-9(15-11-13-4-2-5-14-11)7-21-12-17-16-10(20-12)8-3-1-6-19-8/h1-6H,7H2,(H,13,14,15,18). The Balaban J connectivity index is 1.54. The van der Waals surface area contributed by atoms with Crippen molar-refractivity contribution in [3.63, 3.8) is 0 Å². The van der Waals surface area contributed by atoms with Gasteiger partial charge in [-0.3, -0.25) is 10.1 Å². The second kappa shape index (κ2) is 6.18. The zero-order valence-electron chi connectivity index (χ0n) is 10.6. The molecular weight excluding hydrogens is 294 g/mol. The SMILES string of the molecule is O=C(CSc1nnc(-c2ccco2)o1)Nc1ncccn1. The molecular formula is C12H9N5O3S. The van der Waals surface area contributed by atoms with Gasteiger partial charge in [0.05, 0.1) is 12.0 Å². The second-order valence-corrected chi connectivity index (χ2v) is 4.69. The van der Waals surface area contributed by atoms with Crippen LogP contribution in [0.1, 0.15) is 0 Å². The molecule has 21 heavy (non-hydrogen) atoms. The molecule has 0 unspecified atom stereocenters. The first-order valence-corrected chi connectivity index (χ1v) is 6.87. The minimum atomic E-state index is -0.260.